The van der Waals surface area contributed by atoms with E-state index in [1.165, 1.54) is 10.4 Å². The van der Waals surface area contributed by atoms with Crippen molar-refractivity contribution in [2.24, 2.45) is 0 Å². The molecule has 0 N–H and O–H groups in total. The van der Waals surface area contributed by atoms with Crippen molar-refractivity contribution < 1.29 is 9.59 Å². The zero-order chi connectivity index (χ0) is 22.2. The minimum Gasteiger partial charge on any atom is -0.332 e. The number of benzene rings is 1. The molecule has 164 valence electrons. The number of nitrogens with zero attached hydrogens (tertiary/aromatic N) is 2. The maximum absolute atomic E-state index is 13.5. The maximum Gasteiger partial charge on any atom is 0.242 e. The predicted molar refractivity (Wildman–Crippen MR) is 129 cm³/mol. The van der Waals surface area contributed by atoms with Crippen molar-refractivity contribution >= 4 is 34.5 Å². The fourth-order valence-corrected chi connectivity index (χ4v) is 5.01. The third-order valence-electron chi connectivity index (χ3n) is 5.53. The van der Waals surface area contributed by atoms with E-state index in [9.17, 15) is 9.59 Å². The molecule has 0 spiro atoms. The fraction of sp³-hybridized carbons (Fsp3) is 0.360. The Morgan fingerprint density at radius 2 is 1.71 bits per heavy atom. The first kappa shape index (κ1) is 23.2. The molecular weight excluding hydrogens is 424 g/mol. The van der Waals surface area contributed by atoms with Gasteiger partial charge in [-0.1, -0.05) is 43.3 Å². The average molecular weight is 455 g/mol. The molecular formula is C25H30N2O2S2. The zero-order valence-electron chi connectivity index (χ0n) is 18.4. The summed E-state index contributed by atoms with van der Waals surface area (Å²) in [6.45, 7) is 7.35. The average Bonchev–Trinajstić information content (AvgIpc) is 3.43. The van der Waals surface area contributed by atoms with E-state index in [0.29, 0.717) is 19.5 Å². The van der Waals surface area contributed by atoms with E-state index in [1.54, 1.807) is 27.6 Å². The van der Waals surface area contributed by atoms with Gasteiger partial charge in [0.1, 0.15) is 6.54 Å². The van der Waals surface area contributed by atoms with Crippen molar-refractivity contribution in [3.05, 3.63) is 80.2 Å². The lowest BCUT2D eigenvalue weighted by molar-refractivity contribution is -0.142. The Labute approximate surface area is 193 Å². The molecule has 0 fully saturated rings. The monoisotopic (exact) mass is 454 g/mol. The van der Waals surface area contributed by atoms with E-state index in [1.807, 2.05) is 59.7 Å². The molecule has 2 amide bonds. The summed E-state index contributed by atoms with van der Waals surface area (Å²) in [5.74, 6) is -0.00593. The van der Waals surface area contributed by atoms with Crippen LogP contribution in [0.15, 0.2) is 59.3 Å². The van der Waals surface area contributed by atoms with Gasteiger partial charge in [0.25, 0.3) is 0 Å². The third kappa shape index (κ3) is 6.52. The van der Waals surface area contributed by atoms with Gasteiger partial charge in [-0.25, -0.2) is 0 Å². The molecule has 2 heterocycles. The van der Waals surface area contributed by atoms with Gasteiger partial charge in [-0.2, -0.15) is 0 Å². The summed E-state index contributed by atoms with van der Waals surface area (Å²) in [7, 11) is 0. The van der Waals surface area contributed by atoms with E-state index in [0.717, 1.165) is 16.9 Å². The second kappa shape index (κ2) is 11.3. The number of hydrogen-bond donors (Lipinski definition) is 0. The molecule has 6 heteroatoms. The molecule has 0 saturated heterocycles. The Morgan fingerprint density at radius 3 is 2.32 bits per heavy atom. The predicted octanol–water partition coefficient (Wildman–Crippen LogP) is 5.52. The summed E-state index contributed by atoms with van der Waals surface area (Å²) in [6, 6.07) is 16.1. The van der Waals surface area contributed by atoms with E-state index < -0.39 is 0 Å². The van der Waals surface area contributed by atoms with E-state index in [4.69, 9.17) is 0 Å². The smallest absolute Gasteiger partial charge is 0.242 e. The quantitative estimate of drug-likeness (QED) is 0.405. The molecule has 3 rings (SSSR count). The Balaban J connectivity index is 1.78. The van der Waals surface area contributed by atoms with Crippen LogP contribution in [0.3, 0.4) is 0 Å². The lowest BCUT2D eigenvalue weighted by Gasteiger charge is -2.31. The van der Waals surface area contributed by atoms with Crippen LogP contribution in [0.5, 0.6) is 0 Å². The standard InChI is InChI=1S/C25H30N2O2S2/c1-4-20(3)27(24(28)15-22-11-8-13-30-22)18-25(29)26(16-21-9-6-5-7-10-21)17-23-19(2)12-14-31-23/h5-14,20H,4,15-18H2,1-3H3. The number of hydrogen-bond acceptors (Lipinski definition) is 4. The molecule has 0 aliphatic carbocycles. The first-order valence-electron chi connectivity index (χ1n) is 10.6. The Bertz CT molecular complexity index is 967. The highest BCUT2D eigenvalue weighted by atomic mass is 32.1. The van der Waals surface area contributed by atoms with Crippen LogP contribution < -0.4 is 0 Å². The SMILES string of the molecule is CCC(C)N(CC(=O)N(Cc1ccccc1)Cc1sccc1C)C(=O)Cc1cccs1. The lowest BCUT2D eigenvalue weighted by atomic mass is 10.1. The van der Waals surface area contributed by atoms with E-state index in [-0.39, 0.29) is 24.4 Å². The minimum atomic E-state index is -0.0171. The van der Waals surface area contributed by atoms with Gasteiger partial charge >= 0.3 is 0 Å². The van der Waals surface area contributed by atoms with Crippen LogP contribution in [-0.2, 0) is 29.1 Å². The van der Waals surface area contributed by atoms with Crippen LogP contribution in [0.1, 0.15) is 41.1 Å². The van der Waals surface area contributed by atoms with E-state index in [2.05, 4.69) is 25.3 Å². The number of rotatable bonds is 10. The van der Waals surface area contributed by atoms with Gasteiger partial charge in [0.05, 0.1) is 13.0 Å². The lowest BCUT2D eigenvalue weighted by Crippen LogP contribution is -2.46. The van der Waals surface area contributed by atoms with Crippen LogP contribution in [0.2, 0.25) is 0 Å². The van der Waals surface area contributed by atoms with Crippen molar-refractivity contribution in [3.63, 3.8) is 0 Å². The minimum absolute atomic E-state index is 0.0112. The van der Waals surface area contributed by atoms with Crippen LogP contribution in [-0.4, -0.2) is 34.2 Å². The summed E-state index contributed by atoms with van der Waals surface area (Å²) >= 11 is 3.25. The van der Waals surface area contributed by atoms with Crippen molar-refractivity contribution in [2.75, 3.05) is 6.54 Å². The van der Waals surface area contributed by atoms with E-state index >= 15 is 0 Å². The molecule has 0 aliphatic heterocycles. The molecule has 1 aromatic carbocycles. The van der Waals surface area contributed by atoms with Gasteiger partial charge in [-0.15, -0.1) is 22.7 Å². The summed E-state index contributed by atoms with van der Waals surface area (Å²) < 4.78 is 0. The van der Waals surface area contributed by atoms with Crippen molar-refractivity contribution in [2.45, 2.75) is 52.7 Å². The second-order valence-electron chi connectivity index (χ2n) is 7.80. The van der Waals surface area contributed by atoms with Gasteiger partial charge in [-0.3, -0.25) is 9.59 Å². The highest BCUT2D eigenvalue weighted by Gasteiger charge is 2.25. The Hall–Kier alpha value is -2.44. The molecule has 2 aromatic heterocycles. The first-order valence-corrected chi connectivity index (χ1v) is 12.4. The normalized spacial score (nSPS) is 11.8. The topological polar surface area (TPSA) is 40.6 Å². The largest absolute Gasteiger partial charge is 0.332 e. The van der Waals surface area contributed by atoms with Gasteiger partial charge in [0, 0.05) is 22.3 Å². The summed E-state index contributed by atoms with van der Waals surface area (Å²) in [6.07, 6.45) is 1.16. The van der Waals surface area contributed by atoms with Gasteiger partial charge in [0.2, 0.25) is 11.8 Å². The molecule has 0 aliphatic rings. The Morgan fingerprint density at radius 1 is 0.935 bits per heavy atom. The second-order valence-corrected chi connectivity index (χ2v) is 9.83. The fourth-order valence-electron chi connectivity index (χ4n) is 3.40. The molecule has 0 saturated carbocycles. The first-order chi connectivity index (χ1) is 15.0. The molecule has 0 radical (unpaired) electrons. The summed E-state index contributed by atoms with van der Waals surface area (Å²) in [4.78, 5) is 32.4. The number of amides is 2. The Kier molecular flexibility index (Phi) is 8.43. The number of aryl methyl sites for hydroxylation is 1. The maximum atomic E-state index is 13.5. The molecule has 1 atom stereocenters. The highest BCUT2D eigenvalue weighted by molar-refractivity contribution is 7.10. The van der Waals surface area contributed by atoms with Gasteiger partial charge < -0.3 is 9.80 Å². The van der Waals surface area contributed by atoms with Crippen molar-refractivity contribution in [1.82, 2.24) is 9.80 Å². The summed E-state index contributed by atoms with van der Waals surface area (Å²) in [5, 5.41) is 4.04. The van der Waals surface area contributed by atoms with Crippen LogP contribution in [0, 0.1) is 6.92 Å². The molecule has 4 nitrogen and oxygen atoms in total. The van der Waals surface area contributed by atoms with Gasteiger partial charge in [0.15, 0.2) is 0 Å². The van der Waals surface area contributed by atoms with Crippen LogP contribution in [0.25, 0.3) is 0 Å². The van der Waals surface area contributed by atoms with Gasteiger partial charge in [-0.05, 0) is 54.3 Å². The van der Waals surface area contributed by atoms with Crippen molar-refractivity contribution in [1.29, 1.82) is 0 Å². The number of carbonyl (C=O) groups is 2. The van der Waals surface area contributed by atoms with Crippen LogP contribution >= 0.6 is 22.7 Å². The molecule has 3 aromatic rings. The van der Waals surface area contributed by atoms with Crippen LogP contribution in [0.4, 0.5) is 0 Å². The highest BCUT2D eigenvalue weighted by Crippen LogP contribution is 2.20. The van der Waals surface area contributed by atoms with Crippen molar-refractivity contribution in [3.8, 4) is 0 Å². The molecule has 0 bridgehead atoms. The third-order valence-corrected chi connectivity index (χ3v) is 7.41. The summed E-state index contributed by atoms with van der Waals surface area (Å²) in [5.41, 5.74) is 2.29. The number of carbonyl (C=O) groups excluding carboxylic acids is 2. The molecule has 31 heavy (non-hydrogen) atoms. The zero-order valence-corrected chi connectivity index (χ0v) is 20.0. The number of thiophene rings is 2. The molecule has 1 unspecified atom stereocenters.